The summed E-state index contributed by atoms with van der Waals surface area (Å²) in [5.41, 5.74) is 3.62. The molecule has 2 aromatic rings. The van der Waals surface area contributed by atoms with Gasteiger partial charge in [-0.05, 0) is 36.2 Å². The highest BCUT2D eigenvalue weighted by molar-refractivity contribution is 5.98. The van der Waals surface area contributed by atoms with E-state index in [1.54, 1.807) is 38.4 Å². The van der Waals surface area contributed by atoms with E-state index in [1.807, 2.05) is 13.0 Å². The summed E-state index contributed by atoms with van der Waals surface area (Å²) in [7, 11) is 3.41. The summed E-state index contributed by atoms with van der Waals surface area (Å²) in [4.78, 5) is 25.9. The van der Waals surface area contributed by atoms with Gasteiger partial charge in [0.1, 0.15) is 11.9 Å². The first kappa shape index (κ1) is 17.9. The predicted molar refractivity (Wildman–Crippen MR) is 99.7 cm³/mol. The number of likely N-dealkylation sites (N-methyl/N-ethyl adjacent to an activating group) is 1. The van der Waals surface area contributed by atoms with Crippen molar-refractivity contribution < 1.29 is 14.0 Å². The average molecular weight is 355 g/mol. The number of rotatable bonds is 4. The molecule has 1 heterocycles. The van der Waals surface area contributed by atoms with Gasteiger partial charge >= 0.3 is 0 Å². The summed E-state index contributed by atoms with van der Waals surface area (Å²) in [5, 5.41) is 5.96. The molecule has 0 aromatic heterocycles. The monoisotopic (exact) mass is 355 g/mol. The van der Waals surface area contributed by atoms with Gasteiger partial charge in [0.05, 0.1) is 6.42 Å². The Kier molecular flexibility index (Phi) is 4.93. The molecule has 0 bridgehead atoms. The van der Waals surface area contributed by atoms with Crippen molar-refractivity contribution in [2.24, 2.45) is 0 Å². The second kappa shape index (κ2) is 7.15. The number of carbonyl (C=O) groups is 2. The molecule has 0 saturated heterocycles. The second-order valence-corrected chi connectivity index (χ2v) is 6.77. The van der Waals surface area contributed by atoms with Crippen LogP contribution in [0.25, 0.3) is 0 Å². The fourth-order valence-electron chi connectivity index (χ4n) is 3.05. The number of halogens is 1. The molecule has 0 radical (unpaired) electrons. The zero-order valence-corrected chi connectivity index (χ0v) is 15.1. The van der Waals surface area contributed by atoms with Crippen LogP contribution in [0, 0.1) is 12.7 Å². The Hall–Kier alpha value is -2.89. The normalized spacial score (nSPS) is 15.2. The van der Waals surface area contributed by atoms with E-state index in [4.69, 9.17) is 0 Å². The van der Waals surface area contributed by atoms with Gasteiger partial charge in [-0.25, -0.2) is 4.39 Å². The average Bonchev–Trinajstić information content (AvgIpc) is 3.05. The summed E-state index contributed by atoms with van der Waals surface area (Å²) in [6.45, 7) is 1.89. The van der Waals surface area contributed by atoms with Crippen molar-refractivity contribution in [1.82, 2.24) is 4.90 Å². The number of aryl methyl sites for hydroxylation is 1. The van der Waals surface area contributed by atoms with Crippen LogP contribution in [0.5, 0.6) is 0 Å². The highest BCUT2D eigenvalue weighted by Crippen LogP contribution is 2.31. The van der Waals surface area contributed by atoms with E-state index in [2.05, 4.69) is 10.6 Å². The smallest absolute Gasteiger partial charge is 0.247 e. The summed E-state index contributed by atoms with van der Waals surface area (Å²) in [5.74, 6) is -0.527. The van der Waals surface area contributed by atoms with Gasteiger partial charge in [0.25, 0.3) is 0 Å². The zero-order valence-electron chi connectivity index (χ0n) is 15.1. The van der Waals surface area contributed by atoms with E-state index in [0.29, 0.717) is 23.4 Å². The minimum atomic E-state index is -0.521. The van der Waals surface area contributed by atoms with Crippen LogP contribution in [-0.2, 0) is 22.4 Å². The van der Waals surface area contributed by atoms with E-state index >= 15 is 0 Å². The zero-order chi connectivity index (χ0) is 18.8. The van der Waals surface area contributed by atoms with Crippen LogP contribution in [0.2, 0.25) is 0 Å². The third kappa shape index (κ3) is 3.69. The Morgan fingerprint density at radius 3 is 2.73 bits per heavy atom. The first-order valence-corrected chi connectivity index (χ1v) is 8.49. The topological polar surface area (TPSA) is 61.4 Å². The van der Waals surface area contributed by atoms with Gasteiger partial charge < -0.3 is 15.5 Å². The van der Waals surface area contributed by atoms with E-state index in [9.17, 15) is 14.0 Å². The maximum Gasteiger partial charge on any atom is 0.247 e. The molecule has 2 amide bonds. The van der Waals surface area contributed by atoms with Crippen LogP contribution in [0.15, 0.2) is 36.4 Å². The Bertz CT molecular complexity index is 833. The molecule has 0 saturated carbocycles. The molecule has 1 unspecified atom stereocenters. The summed E-state index contributed by atoms with van der Waals surface area (Å²) < 4.78 is 14.0. The van der Waals surface area contributed by atoms with E-state index in [1.165, 1.54) is 11.0 Å². The molecule has 3 rings (SSSR count). The molecule has 0 fully saturated rings. The van der Waals surface area contributed by atoms with Crippen LogP contribution >= 0.6 is 0 Å². The van der Waals surface area contributed by atoms with Crippen LogP contribution in [0.1, 0.15) is 16.7 Å². The Morgan fingerprint density at radius 2 is 2.04 bits per heavy atom. The molecule has 2 aromatic carbocycles. The minimum Gasteiger partial charge on any atom is -0.373 e. The molecule has 136 valence electrons. The molecule has 5 nitrogen and oxygen atoms in total. The number of anilines is 2. The van der Waals surface area contributed by atoms with Crippen molar-refractivity contribution in [3.63, 3.8) is 0 Å². The predicted octanol–water partition coefficient (Wildman–Crippen LogP) is 2.74. The molecular formula is C20H22FN3O2. The highest BCUT2D eigenvalue weighted by atomic mass is 19.1. The quantitative estimate of drug-likeness (QED) is 0.887. The van der Waals surface area contributed by atoms with Gasteiger partial charge in [0.2, 0.25) is 11.8 Å². The van der Waals surface area contributed by atoms with Crippen molar-refractivity contribution in [3.8, 4) is 0 Å². The number of nitrogens with zero attached hydrogens (tertiary/aromatic N) is 1. The fraction of sp³-hybridized carbons (Fsp3) is 0.300. The van der Waals surface area contributed by atoms with Gasteiger partial charge in [0, 0.05) is 37.5 Å². The molecule has 0 aliphatic carbocycles. The highest BCUT2D eigenvalue weighted by Gasteiger charge is 2.30. The maximum atomic E-state index is 14.0. The summed E-state index contributed by atoms with van der Waals surface area (Å²) in [6, 6.07) is 9.82. The van der Waals surface area contributed by atoms with Crippen LogP contribution in [-0.4, -0.2) is 36.9 Å². The van der Waals surface area contributed by atoms with Gasteiger partial charge in [-0.15, -0.1) is 0 Å². The molecule has 0 spiro atoms. The van der Waals surface area contributed by atoms with Crippen molar-refractivity contribution in [3.05, 3.63) is 58.9 Å². The van der Waals surface area contributed by atoms with Crippen molar-refractivity contribution in [1.29, 1.82) is 0 Å². The maximum absolute atomic E-state index is 14.0. The Balaban J connectivity index is 1.69. The first-order valence-electron chi connectivity index (χ1n) is 8.49. The number of carbonyl (C=O) groups excluding carboxylic acids is 2. The van der Waals surface area contributed by atoms with Gasteiger partial charge in [-0.1, -0.05) is 18.2 Å². The molecule has 26 heavy (non-hydrogen) atoms. The molecule has 1 atom stereocenters. The number of nitrogens with one attached hydrogen (secondary N) is 2. The number of hydrogen-bond acceptors (Lipinski definition) is 3. The van der Waals surface area contributed by atoms with Crippen molar-refractivity contribution in [2.75, 3.05) is 24.7 Å². The lowest BCUT2D eigenvalue weighted by Gasteiger charge is -2.14. The number of fused-ring (bicyclic) bond motifs is 1. The molecule has 6 heteroatoms. The molecule has 2 N–H and O–H groups in total. The van der Waals surface area contributed by atoms with Gasteiger partial charge in [-0.3, -0.25) is 9.59 Å². The lowest BCUT2D eigenvalue weighted by atomic mass is 10.1. The Labute approximate surface area is 152 Å². The molecular weight excluding hydrogens is 333 g/mol. The lowest BCUT2D eigenvalue weighted by Crippen LogP contribution is -2.33. The fourth-order valence-corrected chi connectivity index (χ4v) is 3.05. The first-order chi connectivity index (χ1) is 12.3. The third-order valence-corrected chi connectivity index (χ3v) is 4.56. The van der Waals surface area contributed by atoms with Crippen molar-refractivity contribution in [2.45, 2.75) is 25.8 Å². The van der Waals surface area contributed by atoms with E-state index in [0.717, 1.165) is 11.1 Å². The van der Waals surface area contributed by atoms with Gasteiger partial charge in [0.15, 0.2) is 0 Å². The Morgan fingerprint density at radius 1 is 1.27 bits per heavy atom. The summed E-state index contributed by atoms with van der Waals surface area (Å²) in [6.07, 6.45) is 0.585. The van der Waals surface area contributed by atoms with Crippen molar-refractivity contribution >= 4 is 23.2 Å². The van der Waals surface area contributed by atoms with Crippen LogP contribution in [0.4, 0.5) is 15.8 Å². The molecule has 1 aliphatic heterocycles. The van der Waals surface area contributed by atoms with Crippen LogP contribution in [0.3, 0.4) is 0 Å². The summed E-state index contributed by atoms with van der Waals surface area (Å²) >= 11 is 0. The van der Waals surface area contributed by atoms with E-state index < -0.39 is 6.04 Å². The number of amides is 2. The third-order valence-electron chi connectivity index (χ3n) is 4.56. The molecule has 1 aliphatic rings. The van der Waals surface area contributed by atoms with Crippen LogP contribution < -0.4 is 10.6 Å². The minimum absolute atomic E-state index is 0.00710. The standard InChI is InChI=1S/C20H22FN3O2/c1-12-7-8-16(21)15-11-17(23-19(12)15)20(26)22-14-6-4-5-13(9-14)10-18(25)24(2)3/h4-9,17,23H,10-11H2,1-3H3,(H,22,26). The second-order valence-electron chi connectivity index (χ2n) is 6.77. The van der Waals surface area contributed by atoms with E-state index in [-0.39, 0.29) is 24.1 Å². The number of benzene rings is 2. The largest absolute Gasteiger partial charge is 0.373 e. The lowest BCUT2D eigenvalue weighted by molar-refractivity contribution is -0.128. The van der Waals surface area contributed by atoms with Gasteiger partial charge in [-0.2, -0.15) is 0 Å². The SMILES string of the molecule is Cc1ccc(F)c2c1NC(C(=O)Nc1cccc(CC(=O)N(C)C)c1)C2. The number of hydrogen-bond donors (Lipinski definition) is 2.